The number of carbonyl (C=O) groups excluding carboxylic acids is 1. The van der Waals surface area contributed by atoms with E-state index in [1.807, 2.05) is 24.3 Å². The van der Waals surface area contributed by atoms with Crippen molar-refractivity contribution < 1.29 is 9.53 Å². The topological polar surface area (TPSA) is 53.6 Å². The summed E-state index contributed by atoms with van der Waals surface area (Å²) >= 11 is 0. The van der Waals surface area contributed by atoms with E-state index in [-0.39, 0.29) is 11.9 Å². The van der Waals surface area contributed by atoms with Crippen LogP contribution in [0.5, 0.6) is 5.75 Å². The van der Waals surface area contributed by atoms with Crippen molar-refractivity contribution in [2.45, 2.75) is 31.9 Å². The highest BCUT2D eigenvalue weighted by molar-refractivity contribution is 5.83. The summed E-state index contributed by atoms with van der Waals surface area (Å²) in [7, 11) is 0. The molecule has 0 spiro atoms. The molecule has 0 aromatic heterocycles. The maximum absolute atomic E-state index is 12.3. The lowest BCUT2D eigenvalue weighted by molar-refractivity contribution is -0.128. The van der Waals surface area contributed by atoms with Crippen LogP contribution in [0.4, 0.5) is 5.69 Å². The highest BCUT2D eigenvalue weighted by Crippen LogP contribution is 2.28. The van der Waals surface area contributed by atoms with Crippen molar-refractivity contribution in [2.75, 3.05) is 31.5 Å². The van der Waals surface area contributed by atoms with Crippen molar-refractivity contribution in [1.29, 1.82) is 0 Å². The summed E-state index contributed by atoms with van der Waals surface area (Å²) < 4.78 is 5.79. The van der Waals surface area contributed by atoms with Crippen LogP contribution in [-0.4, -0.2) is 49.1 Å². The van der Waals surface area contributed by atoms with Crippen molar-refractivity contribution in [3.05, 3.63) is 24.3 Å². The first-order valence-electron chi connectivity index (χ1n) is 7.78. The van der Waals surface area contributed by atoms with Crippen LogP contribution in [0, 0.1) is 0 Å². The number of nitrogens with one attached hydrogen (secondary N) is 2. The zero-order valence-electron chi connectivity index (χ0n) is 12.5. The number of para-hydroxylation sites is 2. The third-order valence-corrected chi connectivity index (χ3v) is 4.31. The second-order valence-electron chi connectivity index (χ2n) is 5.70. The van der Waals surface area contributed by atoms with E-state index in [0.29, 0.717) is 6.54 Å². The Kier molecular flexibility index (Phi) is 4.29. The summed E-state index contributed by atoms with van der Waals surface area (Å²) in [4.78, 5) is 14.8. The molecule has 1 amide bonds. The zero-order chi connectivity index (χ0) is 14.7. The molecule has 0 aliphatic carbocycles. The molecule has 0 saturated carbocycles. The van der Waals surface area contributed by atoms with Gasteiger partial charge in [0.1, 0.15) is 5.75 Å². The van der Waals surface area contributed by atoms with Crippen LogP contribution in [0.3, 0.4) is 0 Å². The first kappa shape index (κ1) is 14.2. The fourth-order valence-electron chi connectivity index (χ4n) is 2.95. The minimum absolute atomic E-state index is 0.00745. The van der Waals surface area contributed by atoms with Gasteiger partial charge < -0.3 is 20.3 Å². The molecular weight excluding hydrogens is 266 g/mol. The number of carbonyl (C=O) groups is 1. The van der Waals surface area contributed by atoms with Gasteiger partial charge in [-0.15, -0.1) is 0 Å². The molecule has 2 aliphatic heterocycles. The Morgan fingerprint density at radius 2 is 2.14 bits per heavy atom. The molecule has 0 bridgehead atoms. The molecule has 21 heavy (non-hydrogen) atoms. The lowest BCUT2D eigenvalue weighted by atomic mass is 10.0. The quantitative estimate of drug-likeness (QED) is 0.884. The number of hydrogen-bond donors (Lipinski definition) is 2. The van der Waals surface area contributed by atoms with Crippen molar-refractivity contribution in [3.8, 4) is 5.75 Å². The van der Waals surface area contributed by atoms with E-state index in [2.05, 4.69) is 22.5 Å². The third-order valence-electron chi connectivity index (χ3n) is 4.31. The Balaban J connectivity index is 1.53. The largest absolute Gasteiger partial charge is 0.477 e. The van der Waals surface area contributed by atoms with Crippen molar-refractivity contribution in [2.24, 2.45) is 0 Å². The molecule has 2 heterocycles. The number of benzene rings is 1. The average Bonchev–Trinajstić information content (AvgIpc) is 2.55. The Bertz CT molecular complexity index is 498. The van der Waals surface area contributed by atoms with Crippen LogP contribution < -0.4 is 15.4 Å². The summed E-state index contributed by atoms with van der Waals surface area (Å²) in [6, 6.07) is 8.00. The van der Waals surface area contributed by atoms with Gasteiger partial charge in [0.2, 0.25) is 0 Å². The summed E-state index contributed by atoms with van der Waals surface area (Å²) in [6.45, 7) is 5.92. The van der Waals surface area contributed by atoms with E-state index >= 15 is 0 Å². The molecule has 1 atom stereocenters. The normalized spacial score (nSPS) is 22.8. The summed E-state index contributed by atoms with van der Waals surface area (Å²) in [5.41, 5.74) is 0.956. The number of piperidine rings is 1. The van der Waals surface area contributed by atoms with Gasteiger partial charge in [-0.05, 0) is 31.5 Å². The summed E-state index contributed by atoms with van der Waals surface area (Å²) in [5, 5.41) is 6.39. The van der Waals surface area contributed by atoms with Crippen LogP contribution in [0.25, 0.3) is 0 Å². The molecule has 1 fully saturated rings. The molecule has 1 saturated heterocycles. The molecule has 1 aromatic rings. The van der Waals surface area contributed by atoms with Gasteiger partial charge >= 0.3 is 0 Å². The second-order valence-corrected chi connectivity index (χ2v) is 5.70. The van der Waals surface area contributed by atoms with Gasteiger partial charge in [0, 0.05) is 19.1 Å². The number of amides is 1. The van der Waals surface area contributed by atoms with E-state index in [1.54, 1.807) is 0 Å². The number of ether oxygens (including phenoxy) is 1. The lowest BCUT2D eigenvalue weighted by Crippen LogP contribution is -2.51. The zero-order valence-corrected chi connectivity index (χ0v) is 12.5. The van der Waals surface area contributed by atoms with Crippen molar-refractivity contribution in [3.63, 3.8) is 0 Å². The van der Waals surface area contributed by atoms with Gasteiger partial charge in [0.05, 0.1) is 12.2 Å². The summed E-state index contributed by atoms with van der Waals surface area (Å²) in [6.07, 6.45) is 1.61. The minimum atomic E-state index is -0.441. The van der Waals surface area contributed by atoms with Crippen molar-refractivity contribution >= 4 is 11.6 Å². The molecule has 2 aliphatic rings. The van der Waals surface area contributed by atoms with Gasteiger partial charge in [0.15, 0.2) is 6.10 Å². The van der Waals surface area contributed by atoms with Crippen LogP contribution in [-0.2, 0) is 4.79 Å². The number of likely N-dealkylation sites (tertiary alicyclic amines) is 1. The predicted molar refractivity (Wildman–Crippen MR) is 82.6 cm³/mol. The van der Waals surface area contributed by atoms with Crippen LogP contribution >= 0.6 is 0 Å². The lowest BCUT2D eigenvalue weighted by Gasteiger charge is -2.33. The van der Waals surface area contributed by atoms with Crippen molar-refractivity contribution in [1.82, 2.24) is 10.2 Å². The Morgan fingerprint density at radius 1 is 1.38 bits per heavy atom. The fourth-order valence-corrected chi connectivity index (χ4v) is 2.95. The molecule has 1 unspecified atom stereocenters. The van der Waals surface area contributed by atoms with E-state index in [4.69, 9.17) is 4.74 Å². The predicted octanol–water partition coefficient (Wildman–Crippen LogP) is 1.46. The van der Waals surface area contributed by atoms with Crippen LogP contribution in [0.15, 0.2) is 24.3 Å². The van der Waals surface area contributed by atoms with Gasteiger partial charge in [0.25, 0.3) is 5.91 Å². The SMILES string of the molecule is CCN1CCC(NC(=O)C2CNc3ccccc3O2)CC1. The average molecular weight is 289 g/mol. The van der Waals surface area contributed by atoms with E-state index < -0.39 is 6.10 Å². The Labute approximate surface area is 125 Å². The molecule has 0 radical (unpaired) electrons. The number of nitrogens with zero attached hydrogens (tertiary/aromatic N) is 1. The highest BCUT2D eigenvalue weighted by atomic mass is 16.5. The fraction of sp³-hybridized carbons (Fsp3) is 0.562. The van der Waals surface area contributed by atoms with Gasteiger partial charge in [-0.2, -0.15) is 0 Å². The molecule has 3 rings (SSSR count). The second kappa shape index (κ2) is 6.35. The maximum atomic E-state index is 12.3. The van der Waals surface area contributed by atoms with E-state index in [0.717, 1.165) is 43.9 Å². The number of rotatable bonds is 3. The first-order chi connectivity index (χ1) is 10.3. The number of hydrogen-bond acceptors (Lipinski definition) is 4. The number of fused-ring (bicyclic) bond motifs is 1. The molecule has 5 heteroatoms. The Hall–Kier alpha value is -1.75. The van der Waals surface area contributed by atoms with Gasteiger partial charge in [-0.1, -0.05) is 19.1 Å². The van der Waals surface area contributed by atoms with E-state index in [9.17, 15) is 4.79 Å². The Morgan fingerprint density at radius 3 is 2.90 bits per heavy atom. The highest BCUT2D eigenvalue weighted by Gasteiger charge is 2.28. The first-order valence-corrected chi connectivity index (χ1v) is 7.78. The summed E-state index contributed by atoms with van der Waals surface area (Å²) in [5.74, 6) is 0.747. The minimum Gasteiger partial charge on any atom is -0.477 e. The standard InChI is InChI=1S/C16H23N3O2/c1-2-19-9-7-12(8-10-19)18-16(20)15-11-17-13-5-3-4-6-14(13)21-15/h3-6,12,15,17H,2,7-11H2,1H3,(H,18,20). The van der Waals surface area contributed by atoms with Crippen LogP contribution in [0.2, 0.25) is 0 Å². The molecule has 5 nitrogen and oxygen atoms in total. The van der Waals surface area contributed by atoms with Gasteiger partial charge in [-0.3, -0.25) is 4.79 Å². The monoisotopic (exact) mass is 289 g/mol. The molecule has 2 N–H and O–H groups in total. The molecular formula is C16H23N3O2. The van der Waals surface area contributed by atoms with E-state index in [1.165, 1.54) is 0 Å². The van der Waals surface area contributed by atoms with Gasteiger partial charge in [-0.25, -0.2) is 0 Å². The molecule has 114 valence electrons. The maximum Gasteiger partial charge on any atom is 0.263 e. The third kappa shape index (κ3) is 3.29. The molecule has 1 aromatic carbocycles. The number of anilines is 1. The smallest absolute Gasteiger partial charge is 0.263 e. The van der Waals surface area contributed by atoms with Crippen LogP contribution in [0.1, 0.15) is 19.8 Å².